The van der Waals surface area contributed by atoms with Gasteiger partial charge in [-0.05, 0) is 38.0 Å². The first-order valence-electron chi connectivity index (χ1n) is 10.4. The second-order valence-corrected chi connectivity index (χ2v) is 7.41. The van der Waals surface area contributed by atoms with Crippen LogP contribution < -0.4 is 0 Å². The monoisotopic (exact) mass is 310 g/mol. The van der Waals surface area contributed by atoms with Gasteiger partial charge in [0.15, 0.2) is 0 Å². The lowest BCUT2D eigenvalue weighted by molar-refractivity contribution is -0.107. The van der Waals surface area contributed by atoms with Crippen LogP contribution in [0.4, 0.5) is 0 Å². The Labute approximate surface area is 140 Å². The van der Waals surface area contributed by atoms with Gasteiger partial charge < -0.3 is 4.74 Å². The molecule has 0 N–H and O–H groups in total. The SMILES string of the molecule is CCCCCCCCC(C1CCCC1)C(CC)(CC)OCC. The molecule has 0 aliphatic heterocycles. The summed E-state index contributed by atoms with van der Waals surface area (Å²) >= 11 is 0. The first-order chi connectivity index (χ1) is 10.7. The van der Waals surface area contributed by atoms with Crippen LogP contribution in [-0.2, 0) is 4.74 Å². The van der Waals surface area contributed by atoms with Crippen LogP contribution in [0, 0.1) is 11.8 Å². The molecule has 22 heavy (non-hydrogen) atoms. The molecule has 1 aliphatic rings. The van der Waals surface area contributed by atoms with E-state index < -0.39 is 0 Å². The summed E-state index contributed by atoms with van der Waals surface area (Å²) in [5.74, 6) is 1.73. The van der Waals surface area contributed by atoms with Gasteiger partial charge in [-0.1, -0.05) is 85.0 Å². The second kappa shape index (κ2) is 11.5. The number of hydrogen-bond acceptors (Lipinski definition) is 1. The molecule has 0 saturated heterocycles. The van der Waals surface area contributed by atoms with Gasteiger partial charge in [0.25, 0.3) is 0 Å². The van der Waals surface area contributed by atoms with E-state index in [0.29, 0.717) is 0 Å². The number of ether oxygens (including phenoxy) is 1. The molecule has 0 aromatic carbocycles. The minimum absolute atomic E-state index is 0.160. The van der Waals surface area contributed by atoms with Gasteiger partial charge in [-0.15, -0.1) is 0 Å². The quantitative estimate of drug-likeness (QED) is 0.328. The highest BCUT2D eigenvalue weighted by Crippen LogP contribution is 2.44. The summed E-state index contributed by atoms with van der Waals surface area (Å²) in [7, 11) is 0. The maximum atomic E-state index is 6.40. The third kappa shape index (κ3) is 5.87. The second-order valence-electron chi connectivity index (χ2n) is 7.41. The summed E-state index contributed by atoms with van der Waals surface area (Å²) in [6.07, 6.45) is 18.1. The van der Waals surface area contributed by atoms with Gasteiger partial charge in [-0.2, -0.15) is 0 Å². The van der Waals surface area contributed by atoms with E-state index in [-0.39, 0.29) is 5.60 Å². The molecule has 1 nitrogen and oxygen atoms in total. The Balaban J connectivity index is 2.58. The molecule has 132 valence electrons. The first-order valence-corrected chi connectivity index (χ1v) is 10.4. The van der Waals surface area contributed by atoms with Crippen molar-refractivity contribution in [3.8, 4) is 0 Å². The Morgan fingerprint density at radius 1 is 0.864 bits per heavy atom. The molecule has 1 aliphatic carbocycles. The lowest BCUT2D eigenvalue weighted by Crippen LogP contribution is -2.43. The molecule has 0 heterocycles. The zero-order chi connectivity index (χ0) is 16.3. The van der Waals surface area contributed by atoms with Gasteiger partial charge in [0.05, 0.1) is 5.60 Å². The van der Waals surface area contributed by atoms with Gasteiger partial charge in [-0.25, -0.2) is 0 Å². The molecule has 0 aromatic rings. The fourth-order valence-electron chi connectivity index (χ4n) is 4.81. The molecule has 1 atom stereocenters. The summed E-state index contributed by atoms with van der Waals surface area (Å²) in [4.78, 5) is 0. The van der Waals surface area contributed by atoms with Crippen molar-refractivity contribution in [2.45, 2.75) is 117 Å². The summed E-state index contributed by atoms with van der Waals surface area (Å²) < 4.78 is 6.40. The summed E-state index contributed by atoms with van der Waals surface area (Å²) in [5, 5.41) is 0. The van der Waals surface area contributed by atoms with Gasteiger partial charge in [0.1, 0.15) is 0 Å². The predicted molar refractivity (Wildman–Crippen MR) is 98.4 cm³/mol. The zero-order valence-electron chi connectivity index (χ0n) is 16.0. The molecule has 0 amide bonds. The smallest absolute Gasteiger partial charge is 0.0707 e. The van der Waals surface area contributed by atoms with E-state index in [1.807, 2.05) is 0 Å². The highest BCUT2D eigenvalue weighted by molar-refractivity contribution is 4.92. The zero-order valence-corrected chi connectivity index (χ0v) is 16.0. The van der Waals surface area contributed by atoms with Crippen molar-refractivity contribution in [2.24, 2.45) is 11.8 Å². The van der Waals surface area contributed by atoms with Crippen LogP contribution in [0.1, 0.15) is 111 Å². The van der Waals surface area contributed by atoms with E-state index >= 15 is 0 Å². The van der Waals surface area contributed by atoms with Crippen molar-refractivity contribution in [1.29, 1.82) is 0 Å². The summed E-state index contributed by atoms with van der Waals surface area (Å²) in [6, 6.07) is 0. The van der Waals surface area contributed by atoms with Crippen LogP contribution in [0.5, 0.6) is 0 Å². The van der Waals surface area contributed by atoms with Crippen molar-refractivity contribution < 1.29 is 4.74 Å². The minimum atomic E-state index is 0.160. The third-order valence-corrected chi connectivity index (χ3v) is 6.14. The van der Waals surface area contributed by atoms with E-state index in [2.05, 4.69) is 27.7 Å². The van der Waals surface area contributed by atoms with Crippen LogP contribution in [0.25, 0.3) is 0 Å². The lowest BCUT2D eigenvalue weighted by Gasteiger charge is -2.43. The molecule has 1 fully saturated rings. The lowest BCUT2D eigenvalue weighted by atomic mass is 9.71. The Hall–Kier alpha value is -0.0400. The average molecular weight is 311 g/mol. The molecule has 0 radical (unpaired) electrons. The van der Waals surface area contributed by atoms with Gasteiger partial charge in [-0.3, -0.25) is 0 Å². The molecule has 0 bridgehead atoms. The Morgan fingerprint density at radius 2 is 1.45 bits per heavy atom. The minimum Gasteiger partial charge on any atom is -0.375 e. The maximum absolute atomic E-state index is 6.40. The number of rotatable bonds is 13. The Bertz CT molecular complexity index is 251. The normalized spacial score (nSPS) is 18.0. The van der Waals surface area contributed by atoms with Gasteiger partial charge in [0.2, 0.25) is 0 Å². The molecular formula is C21H42O. The predicted octanol–water partition coefficient (Wildman–Crippen LogP) is 7.14. The van der Waals surface area contributed by atoms with Crippen LogP contribution >= 0.6 is 0 Å². The largest absolute Gasteiger partial charge is 0.375 e. The van der Waals surface area contributed by atoms with Crippen molar-refractivity contribution >= 4 is 0 Å². The highest BCUT2D eigenvalue weighted by atomic mass is 16.5. The summed E-state index contributed by atoms with van der Waals surface area (Å²) in [5.41, 5.74) is 0.160. The van der Waals surface area contributed by atoms with E-state index in [9.17, 15) is 0 Å². The molecule has 0 aromatic heterocycles. The Kier molecular flexibility index (Phi) is 10.4. The van der Waals surface area contributed by atoms with Crippen molar-refractivity contribution in [3.63, 3.8) is 0 Å². The van der Waals surface area contributed by atoms with E-state index in [1.54, 1.807) is 0 Å². The van der Waals surface area contributed by atoms with Crippen LogP contribution in [-0.4, -0.2) is 12.2 Å². The van der Waals surface area contributed by atoms with Crippen LogP contribution in [0.2, 0.25) is 0 Å². The number of unbranched alkanes of at least 4 members (excludes halogenated alkanes) is 5. The molecule has 1 saturated carbocycles. The summed E-state index contributed by atoms with van der Waals surface area (Å²) in [6.45, 7) is 10.1. The molecule has 1 unspecified atom stereocenters. The first kappa shape index (κ1) is 20.0. The topological polar surface area (TPSA) is 9.23 Å². The van der Waals surface area contributed by atoms with Crippen LogP contribution in [0.3, 0.4) is 0 Å². The van der Waals surface area contributed by atoms with Crippen molar-refractivity contribution in [3.05, 3.63) is 0 Å². The van der Waals surface area contributed by atoms with Gasteiger partial charge in [0, 0.05) is 6.61 Å². The fourth-order valence-corrected chi connectivity index (χ4v) is 4.81. The molecule has 1 heteroatoms. The van der Waals surface area contributed by atoms with Gasteiger partial charge >= 0.3 is 0 Å². The fraction of sp³-hybridized carbons (Fsp3) is 1.00. The molecular weight excluding hydrogens is 268 g/mol. The van der Waals surface area contributed by atoms with Crippen LogP contribution in [0.15, 0.2) is 0 Å². The van der Waals surface area contributed by atoms with E-state index in [1.165, 1.54) is 83.5 Å². The third-order valence-electron chi connectivity index (χ3n) is 6.14. The number of hydrogen-bond donors (Lipinski definition) is 0. The standard InChI is InChI=1S/C21H42O/c1-5-9-10-11-12-13-18-20(19-16-14-15-17-19)21(6-2,7-3)22-8-4/h19-20H,5-18H2,1-4H3. The average Bonchev–Trinajstić information content (AvgIpc) is 3.06. The van der Waals surface area contributed by atoms with E-state index in [0.717, 1.165) is 18.4 Å². The maximum Gasteiger partial charge on any atom is 0.0707 e. The molecule has 0 spiro atoms. The Morgan fingerprint density at radius 3 is 2.00 bits per heavy atom. The van der Waals surface area contributed by atoms with Crippen molar-refractivity contribution in [2.75, 3.05) is 6.61 Å². The highest BCUT2D eigenvalue weighted by Gasteiger charge is 2.41. The van der Waals surface area contributed by atoms with Crippen molar-refractivity contribution in [1.82, 2.24) is 0 Å². The molecule has 1 rings (SSSR count). The van der Waals surface area contributed by atoms with E-state index in [4.69, 9.17) is 4.74 Å².